The van der Waals surface area contributed by atoms with Gasteiger partial charge in [-0.15, -0.1) is 0 Å². The minimum absolute atomic E-state index is 0.0709. The molecule has 0 aliphatic heterocycles. The lowest BCUT2D eigenvalue weighted by Crippen LogP contribution is -2.40. The van der Waals surface area contributed by atoms with Crippen molar-refractivity contribution in [1.82, 2.24) is 5.32 Å². The molecule has 0 saturated heterocycles. The number of anilines is 1. The summed E-state index contributed by atoms with van der Waals surface area (Å²) < 4.78 is 67.2. The van der Waals surface area contributed by atoms with Gasteiger partial charge in [-0.1, -0.05) is 30.7 Å². The van der Waals surface area contributed by atoms with Crippen LogP contribution < -0.4 is 9.62 Å². The number of carbonyl (C=O) groups excluding carboxylic acids is 1. The number of nitrogens with zero attached hydrogens (tertiary/aromatic N) is 1. The average Bonchev–Trinajstić information content (AvgIpc) is 2.76. The molecule has 5 nitrogen and oxygen atoms in total. The maximum atomic E-state index is 13.4. The van der Waals surface area contributed by atoms with E-state index in [2.05, 4.69) is 12.2 Å². The lowest BCUT2D eigenvalue weighted by atomic mass is 9.87. The first-order valence-corrected chi connectivity index (χ1v) is 12.5. The van der Waals surface area contributed by atoms with Crippen LogP contribution in [0.5, 0.6) is 0 Å². The summed E-state index contributed by atoms with van der Waals surface area (Å²) >= 11 is 0. The van der Waals surface area contributed by atoms with Crippen LogP contribution in [0.25, 0.3) is 0 Å². The summed E-state index contributed by atoms with van der Waals surface area (Å²) in [6.07, 6.45) is -0.932. The Morgan fingerprint density at radius 1 is 1.06 bits per heavy atom. The number of carbonyl (C=O) groups is 1. The number of hydrogen-bond acceptors (Lipinski definition) is 3. The van der Waals surface area contributed by atoms with Gasteiger partial charge in [0.2, 0.25) is 5.91 Å². The van der Waals surface area contributed by atoms with Crippen molar-refractivity contribution in [2.75, 3.05) is 10.8 Å². The number of halogens is 3. The van der Waals surface area contributed by atoms with E-state index in [-0.39, 0.29) is 30.6 Å². The van der Waals surface area contributed by atoms with Crippen molar-refractivity contribution in [3.05, 3.63) is 59.7 Å². The maximum absolute atomic E-state index is 13.4. The Morgan fingerprint density at radius 3 is 2.30 bits per heavy atom. The monoisotopic (exact) mass is 482 g/mol. The number of benzene rings is 2. The van der Waals surface area contributed by atoms with Gasteiger partial charge in [0, 0.05) is 19.0 Å². The van der Waals surface area contributed by atoms with Gasteiger partial charge in [-0.25, -0.2) is 8.42 Å². The molecule has 1 aliphatic rings. The normalized spacial score (nSPS) is 19.2. The van der Waals surface area contributed by atoms with Crippen LogP contribution in [-0.4, -0.2) is 26.9 Å². The fourth-order valence-corrected chi connectivity index (χ4v) is 5.48. The van der Waals surface area contributed by atoms with E-state index < -0.39 is 26.7 Å². The molecule has 2 aromatic rings. The molecule has 1 amide bonds. The largest absolute Gasteiger partial charge is 0.416 e. The standard InChI is InChI=1S/C24H29F3N2O3S/c1-17-6-10-20(11-7-17)28-23(30)14-15-29(21-12-8-18(2)9-13-21)33(31,32)22-5-3-4-19(16-22)24(25,26)27/h3-5,8-9,12-13,16-17,20H,6-7,10-11,14-15H2,1-2H3,(H,28,30). The van der Waals surface area contributed by atoms with E-state index in [9.17, 15) is 26.4 Å². The Balaban J connectivity index is 1.82. The van der Waals surface area contributed by atoms with Gasteiger partial charge in [0.05, 0.1) is 16.1 Å². The van der Waals surface area contributed by atoms with Crippen LogP contribution in [0.15, 0.2) is 53.4 Å². The molecule has 2 aromatic carbocycles. The summed E-state index contributed by atoms with van der Waals surface area (Å²) in [5, 5.41) is 2.97. The third-order valence-corrected chi connectivity index (χ3v) is 7.82. The molecule has 180 valence electrons. The van der Waals surface area contributed by atoms with Crippen molar-refractivity contribution in [2.24, 2.45) is 5.92 Å². The van der Waals surface area contributed by atoms with Crippen molar-refractivity contribution in [3.63, 3.8) is 0 Å². The molecule has 0 heterocycles. The predicted molar refractivity (Wildman–Crippen MR) is 121 cm³/mol. The zero-order valence-corrected chi connectivity index (χ0v) is 19.5. The Kier molecular flexibility index (Phi) is 7.72. The molecule has 0 unspecified atom stereocenters. The van der Waals surface area contributed by atoms with Crippen LogP contribution in [0, 0.1) is 12.8 Å². The number of alkyl halides is 3. The van der Waals surface area contributed by atoms with Gasteiger partial charge in [-0.05, 0) is 68.9 Å². The fourth-order valence-electron chi connectivity index (χ4n) is 3.97. The summed E-state index contributed by atoms with van der Waals surface area (Å²) in [7, 11) is -4.33. The number of amides is 1. The SMILES string of the molecule is Cc1ccc(N(CCC(=O)NC2CCC(C)CC2)S(=O)(=O)c2cccc(C(F)(F)F)c2)cc1. The summed E-state index contributed by atoms with van der Waals surface area (Å²) in [6, 6.07) is 10.3. The molecule has 0 aromatic heterocycles. The second-order valence-corrected chi connectivity index (χ2v) is 10.6. The summed E-state index contributed by atoms with van der Waals surface area (Å²) in [5.74, 6) is 0.360. The predicted octanol–water partition coefficient (Wildman–Crippen LogP) is 5.29. The van der Waals surface area contributed by atoms with Gasteiger partial charge in [-0.2, -0.15) is 13.2 Å². The van der Waals surface area contributed by atoms with E-state index in [1.54, 1.807) is 24.3 Å². The highest BCUT2D eigenvalue weighted by atomic mass is 32.2. The zero-order valence-electron chi connectivity index (χ0n) is 18.7. The van der Waals surface area contributed by atoms with Crippen LogP contribution in [0.4, 0.5) is 18.9 Å². The second kappa shape index (κ2) is 10.2. The molecular weight excluding hydrogens is 453 g/mol. The van der Waals surface area contributed by atoms with Crippen molar-refractivity contribution < 1.29 is 26.4 Å². The van der Waals surface area contributed by atoms with Crippen LogP contribution in [0.2, 0.25) is 0 Å². The van der Waals surface area contributed by atoms with Crippen molar-refractivity contribution >= 4 is 21.6 Å². The first-order valence-electron chi connectivity index (χ1n) is 11.0. The van der Waals surface area contributed by atoms with Crippen LogP contribution in [0.1, 0.15) is 50.2 Å². The minimum Gasteiger partial charge on any atom is -0.353 e. The summed E-state index contributed by atoms with van der Waals surface area (Å²) in [5.41, 5.74) is 0.147. The van der Waals surface area contributed by atoms with Gasteiger partial charge in [0.1, 0.15) is 0 Å². The molecule has 33 heavy (non-hydrogen) atoms. The molecule has 1 N–H and O–H groups in total. The topological polar surface area (TPSA) is 66.5 Å². The van der Waals surface area contributed by atoms with Crippen LogP contribution in [-0.2, 0) is 21.0 Å². The maximum Gasteiger partial charge on any atom is 0.416 e. The molecule has 1 saturated carbocycles. The quantitative estimate of drug-likeness (QED) is 0.583. The number of hydrogen-bond donors (Lipinski definition) is 1. The van der Waals surface area contributed by atoms with Gasteiger partial charge >= 0.3 is 6.18 Å². The van der Waals surface area contributed by atoms with E-state index in [1.807, 2.05) is 6.92 Å². The van der Waals surface area contributed by atoms with E-state index in [1.165, 1.54) is 0 Å². The summed E-state index contributed by atoms with van der Waals surface area (Å²) in [4.78, 5) is 12.1. The number of aryl methyl sites for hydroxylation is 1. The lowest BCUT2D eigenvalue weighted by molar-refractivity contribution is -0.137. The third-order valence-electron chi connectivity index (χ3n) is 5.99. The summed E-state index contributed by atoms with van der Waals surface area (Å²) in [6.45, 7) is 3.83. The Morgan fingerprint density at radius 2 is 1.70 bits per heavy atom. The number of nitrogens with one attached hydrogen (secondary N) is 1. The highest BCUT2D eigenvalue weighted by molar-refractivity contribution is 7.92. The Bertz CT molecular complexity index is 1060. The number of sulfonamides is 1. The highest BCUT2D eigenvalue weighted by Crippen LogP contribution is 2.32. The van der Waals surface area contributed by atoms with Crippen molar-refractivity contribution in [2.45, 2.75) is 63.1 Å². The Hall–Kier alpha value is -2.55. The first kappa shape index (κ1) is 25.1. The molecule has 9 heteroatoms. The lowest BCUT2D eigenvalue weighted by Gasteiger charge is -2.28. The first-order chi connectivity index (χ1) is 15.5. The third kappa shape index (κ3) is 6.50. The van der Waals surface area contributed by atoms with Gasteiger partial charge in [0.15, 0.2) is 0 Å². The highest BCUT2D eigenvalue weighted by Gasteiger charge is 2.33. The Labute approximate surface area is 193 Å². The smallest absolute Gasteiger partial charge is 0.353 e. The van der Waals surface area contributed by atoms with Crippen molar-refractivity contribution in [3.8, 4) is 0 Å². The molecule has 3 rings (SSSR count). The molecule has 0 bridgehead atoms. The van der Waals surface area contributed by atoms with E-state index in [0.717, 1.165) is 53.8 Å². The van der Waals surface area contributed by atoms with Gasteiger partial charge in [-0.3, -0.25) is 9.10 Å². The number of rotatable bonds is 7. The van der Waals surface area contributed by atoms with E-state index >= 15 is 0 Å². The average molecular weight is 483 g/mol. The molecule has 0 spiro atoms. The molecule has 1 fully saturated rings. The fraction of sp³-hybridized carbons (Fsp3) is 0.458. The molecule has 0 radical (unpaired) electrons. The van der Waals surface area contributed by atoms with E-state index in [0.29, 0.717) is 12.0 Å². The van der Waals surface area contributed by atoms with Gasteiger partial charge in [0.25, 0.3) is 10.0 Å². The van der Waals surface area contributed by atoms with Gasteiger partial charge < -0.3 is 5.32 Å². The minimum atomic E-state index is -4.67. The molecule has 0 atom stereocenters. The van der Waals surface area contributed by atoms with Crippen molar-refractivity contribution in [1.29, 1.82) is 0 Å². The zero-order chi connectivity index (χ0) is 24.2. The van der Waals surface area contributed by atoms with Crippen LogP contribution >= 0.6 is 0 Å². The van der Waals surface area contributed by atoms with E-state index in [4.69, 9.17) is 0 Å². The van der Waals surface area contributed by atoms with Crippen LogP contribution in [0.3, 0.4) is 0 Å². The molecule has 1 aliphatic carbocycles. The molecular formula is C24H29F3N2O3S. The second-order valence-electron chi connectivity index (χ2n) is 8.71.